The zero-order valence-corrected chi connectivity index (χ0v) is 19.4. The van der Waals surface area contributed by atoms with Crippen molar-refractivity contribution in [3.8, 4) is 11.5 Å². The van der Waals surface area contributed by atoms with Crippen molar-refractivity contribution < 1.29 is 19.0 Å². The van der Waals surface area contributed by atoms with Gasteiger partial charge >= 0.3 is 0 Å². The molecule has 1 fully saturated rings. The third-order valence-corrected chi connectivity index (χ3v) is 5.85. The Hall–Kier alpha value is -3.10. The highest BCUT2D eigenvalue weighted by atomic mass is 16.5. The van der Waals surface area contributed by atoms with Gasteiger partial charge in [-0.05, 0) is 31.0 Å². The lowest BCUT2D eigenvalue weighted by Gasteiger charge is -2.26. The molecule has 0 bridgehead atoms. The Balaban J connectivity index is 1.49. The summed E-state index contributed by atoms with van der Waals surface area (Å²) in [6, 6.07) is 13.6. The molecule has 1 amide bonds. The summed E-state index contributed by atoms with van der Waals surface area (Å²) in [7, 11) is 1.64. The number of carbonyl (C=O) groups excluding carboxylic acids is 1. The van der Waals surface area contributed by atoms with Crippen molar-refractivity contribution in [2.75, 3.05) is 53.1 Å². The Labute approximate surface area is 194 Å². The van der Waals surface area contributed by atoms with Crippen molar-refractivity contribution in [1.82, 2.24) is 20.0 Å². The number of benzene rings is 2. The third-order valence-electron chi connectivity index (χ3n) is 5.85. The first-order valence-corrected chi connectivity index (χ1v) is 11.5. The standard InChI is InChI=1S/C25H32N4O4/c1-3-33-21-9-5-4-7-19(21)11-12-26-25(30)23-20-8-6-10-22(31-2)24(20)29(27-23)14-13-28-15-17-32-18-16-28/h4-10H,3,11-18H2,1-2H3,(H,26,30). The number of para-hydroxylation sites is 2. The number of hydrogen-bond donors (Lipinski definition) is 1. The number of hydrogen-bond acceptors (Lipinski definition) is 6. The van der Waals surface area contributed by atoms with Crippen LogP contribution in [0.25, 0.3) is 10.9 Å². The maximum absolute atomic E-state index is 13.1. The van der Waals surface area contributed by atoms with Gasteiger partial charge in [0.25, 0.3) is 5.91 Å². The van der Waals surface area contributed by atoms with Crippen molar-refractivity contribution in [3.63, 3.8) is 0 Å². The minimum absolute atomic E-state index is 0.188. The van der Waals surface area contributed by atoms with E-state index in [9.17, 15) is 4.79 Å². The summed E-state index contributed by atoms with van der Waals surface area (Å²) >= 11 is 0. The van der Waals surface area contributed by atoms with E-state index in [1.807, 2.05) is 54.1 Å². The summed E-state index contributed by atoms with van der Waals surface area (Å²) in [6.07, 6.45) is 0.681. The van der Waals surface area contributed by atoms with Crippen LogP contribution in [0.4, 0.5) is 0 Å². The second-order valence-corrected chi connectivity index (χ2v) is 7.93. The fraction of sp³-hybridized carbons (Fsp3) is 0.440. The molecule has 1 saturated heterocycles. The van der Waals surface area contributed by atoms with E-state index in [0.29, 0.717) is 37.6 Å². The molecule has 0 aliphatic carbocycles. The van der Waals surface area contributed by atoms with E-state index in [1.54, 1.807) is 7.11 Å². The summed E-state index contributed by atoms with van der Waals surface area (Å²) in [5, 5.41) is 8.52. The van der Waals surface area contributed by atoms with Crippen LogP contribution >= 0.6 is 0 Å². The van der Waals surface area contributed by atoms with Gasteiger partial charge in [-0.1, -0.05) is 30.3 Å². The largest absolute Gasteiger partial charge is 0.494 e. The number of carbonyl (C=O) groups is 1. The monoisotopic (exact) mass is 452 g/mol. The van der Waals surface area contributed by atoms with Gasteiger partial charge < -0.3 is 19.5 Å². The molecule has 0 spiro atoms. The molecule has 1 aromatic heterocycles. The Kier molecular flexibility index (Phi) is 7.80. The Morgan fingerprint density at radius 2 is 1.88 bits per heavy atom. The number of aromatic nitrogens is 2. The van der Waals surface area contributed by atoms with Crippen molar-refractivity contribution in [1.29, 1.82) is 0 Å². The minimum atomic E-state index is -0.188. The molecular formula is C25H32N4O4. The van der Waals surface area contributed by atoms with Gasteiger partial charge in [0.2, 0.25) is 0 Å². The molecule has 2 aromatic carbocycles. The zero-order valence-electron chi connectivity index (χ0n) is 19.4. The molecular weight excluding hydrogens is 420 g/mol. The Morgan fingerprint density at radius 3 is 2.67 bits per heavy atom. The third kappa shape index (κ3) is 5.46. The van der Waals surface area contributed by atoms with Gasteiger partial charge in [-0.25, -0.2) is 0 Å². The molecule has 0 saturated carbocycles. The van der Waals surface area contributed by atoms with Crippen LogP contribution in [0.1, 0.15) is 23.0 Å². The lowest BCUT2D eigenvalue weighted by molar-refractivity contribution is 0.0361. The second-order valence-electron chi connectivity index (χ2n) is 7.93. The highest BCUT2D eigenvalue weighted by Gasteiger charge is 2.20. The molecule has 176 valence electrons. The first kappa shape index (κ1) is 23.1. The van der Waals surface area contributed by atoms with Crippen molar-refractivity contribution in [2.45, 2.75) is 19.9 Å². The average molecular weight is 453 g/mol. The summed E-state index contributed by atoms with van der Waals surface area (Å²) < 4.78 is 18.6. The number of amides is 1. The molecule has 1 N–H and O–H groups in total. The smallest absolute Gasteiger partial charge is 0.272 e. The van der Waals surface area contributed by atoms with Gasteiger partial charge in [0.15, 0.2) is 5.69 Å². The Morgan fingerprint density at radius 1 is 1.09 bits per heavy atom. The number of ether oxygens (including phenoxy) is 3. The fourth-order valence-corrected chi connectivity index (χ4v) is 4.16. The second kappa shape index (κ2) is 11.2. The van der Waals surface area contributed by atoms with Crippen LogP contribution in [0, 0.1) is 0 Å². The first-order chi connectivity index (χ1) is 16.2. The minimum Gasteiger partial charge on any atom is -0.494 e. The maximum atomic E-state index is 13.1. The number of rotatable bonds is 10. The van der Waals surface area contributed by atoms with Crippen molar-refractivity contribution in [2.24, 2.45) is 0 Å². The zero-order chi connectivity index (χ0) is 23.0. The molecule has 33 heavy (non-hydrogen) atoms. The molecule has 8 nitrogen and oxygen atoms in total. The van der Waals surface area contributed by atoms with Crippen LogP contribution in [0.3, 0.4) is 0 Å². The van der Waals surface area contributed by atoms with Gasteiger partial charge in [0.05, 0.1) is 33.5 Å². The number of nitrogens with zero attached hydrogens (tertiary/aromatic N) is 3. The van der Waals surface area contributed by atoms with E-state index >= 15 is 0 Å². The SMILES string of the molecule is CCOc1ccccc1CCNC(=O)c1nn(CCN2CCOCC2)c2c(OC)cccc12. The van der Waals surface area contributed by atoms with Crippen LogP contribution in [0.15, 0.2) is 42.5 Å². The van der Waals surface area contributed by atoms with E-state index in [4.69, 9.17) is 19.3 Å². The maximum Gasteiger partial charge on any atom is 0.272 e. The van der Waals surface area contributed by atoms with Gasteiger partial charge in [0.1, 0.15) is 17.0 Å². The van der Waals surface area contributed by atoms with Crippen LogP contribution in [-0.4, -0.2) is 73.7 Å². The van der Waals surface area contributed by atoms with Crippen molar-refractivity contribution >= 4 is 16.8 Å². The van der Waals surface area contributed by atoms with Crippen LogP contribution in [0.2, 0.25) is 0 Å². The van der Waals surface area contributed by atoms with Gasteiger partial charge in [-0.2, -0.15) is 5.10 Å². The number of nitrogens with one attached hydrogen (secondary N) is 1. The molecule has 3 aromatic rings. The van der Waals surface area contributed by atoms with Crippen LogP contribution in [0.5, 0.6) is 11.5 Å². The molecule has 0 unspecified atom stereocenters. The fourth-order valence-electron chi connectivity index (χ4n) is 4.16. The predicted octanol–water partition coefficient (Wildman–Crippen LogP) is 2.75. The Bertz CT molecular complexity index is 1080. The topological polar surface area (TPSA) is 77.9 Å². The first-order valence-electron chi connectivity index (χ1n) is 11.5. The number of morpholine rings is 1. The average Bonchev–Trinajstić information content (AvgIpc) is 3.23. The highest BCUT2D eigenvalue weighted by molar-refractivity contribution is 6.06. The molecule has 0 atom stereocenters. The van der Waals surface area contributed by atoms with E-state index in [0.717, 1.165) is 55.1 Å². The van der Waals surface area contributed by atoms with Gasteiger partial charge in [-0.15, -0.1) is 0 Å². The quantitative estimate of drug-likeness (QED) is 0.510. The van der Waals surface area contributed by atoms with Gasteiger partial charge in [-0.3, -0.25) is 14.4 Å². The summed E-state index contributed by atoms with van der Waals surface area (Å²) in [6.45, 7) is 7.91. The summed E-state index contributed by atoms with van der Waals surface area (Å²) in [4.78, 5) is 15.4. The molecule has 0 radical (unpaired) electrons. The van der Waals surface area contributed by atoms with Gasteiger partial charge in [0, 0.05) is 31.6 Å². The lowest BCUT2D eigenvalue weighted by atomic mass is 10.1. The highest BCUT2D eigenvalue weighted by Crippen LogP contribution is 2.28. The number of methoxy groups -OCH3 is 1. The van der Waals surface area contributed by atoms with E-state index in [-0.39, 0.29) is 5.91 Å². The van der Waals surface area contributed by atoms with Crippen molar-refractivity contribution in [3.05, 3.63) is 53.7 Å². The number of fused-ring (bicyclic) bond motifs is 1. The van der Waals surface area contributed by atoms with Crippen LogP contribution < -0.4 is 14.8 Å². The van der Waals surface area contributed by atoms with Crippen LogP contribution in [-0.2, 0) is 17.7 Å². The molecule has 8 heteroatoms. The lowest BCUT2D eigenvalue weighted by Crippen LogP contribution is -2.38. The van der Waals surface area contributed by atoms with E-state index < -0.39 is 0 Å². The molecule has 4 rings (SSSR count). The predicted molar refractivity (Wildman–Crippen MR) is 127 cm³/mol. The summed E-state index contributed by atoms with van der Waals surface area (Å²) in [5.74, 6) is 1.38. The molecule has 1 aliphatic heterocycles. The summed E-state index contributed by atoms with van der Waals surface area (Å²) in [5.41, 5.74) is 2.34. The molecule has 2 heterocycles. The molecule has 1 aliphatic rings. The van der Waals surface area contributed by atoms with E-state index in [2.05, 4.69) is 10.2 Å². The van der Waals surface area contributed by atoms with E-state index in [1.165, 1.54) is 0 Å². The normalized spacial score (nSPS) is 14.4.